The first kappa shape index (κ1) is 23.7. The number of carbonyl (C=O) groups is 1. The molecule has 1 aromatic heterocycles. The maximum Gasteiger partial charge on any atom is 0.241 e. The molecule has 2 aromatic rings. The quantitative estimate of drug-likeness (QED) is 0.474. The van der Waals surface area contributed by atoms with E-state index in [0.29, 0.717) is 19.0 Å². The summed E-state index contributed by atoms with van der Waals surface area (Å²) >= 11 is 6.09. The smallest absolute Gasteiger partial charge is 0.241 e. The van der Waals surface area contributed by atoms with Crippen LogP contribution in [-0.2, 0) is 17.6 Å². The standard InChI is InChI=1S/C23H32ClN5O/c1-23(2,15-18-8-7-9-19(24)14-18)17-28-22(25-3)27-16-21(30)29(4)13-11-20-10-5-6-12-26-20/h5-10,12,14H,11,13,15-17H2,1-4H3,(H2,25,27,28). The number of benzene rings is 1. The minimum absolute atomic E-state index is 0.00655. The van der Waals surface area contributed by atoms with Crippen LogP contribution in [0.2, 0.25) is 5.02 Å². The first-order valence-corrected chi connectivity index (χ1v) is 10.5. The minimum Gasteiger partial charge on any atom is -0.356 e. The third kappa shape index (κ3) is 8.41. The highest BCUT2D eigenvalue weighted by Gasteiger charge is 2.19. The third-order valence-electron chi connectivity index (χ3n) is 4.79. The normalized spacial score (nSPS) is 11.8. The lowest BCUT2D eigenvalue weighted by molar-refractivity contribution is -0.128. The topological polar surface area (TPSA) is 69.6 Å². The number of amides is 1. The molecule has 0 spiro atoms. The van der Waals surface area contributed by atoms with E-state index in [2.05, 4.69) is 40.5 Å². The Morgan fingerprint density at radius 3 is 2.67 bits per heavy atom. The molecular formula is C23H32ClN5O. The van der Waals surface area contributed by atoms with E-state index in [4.69, 9.17) is 11.6 Å². The van der Waals surface area contributed by atoms with E-state index in [-0.39, 0.29) is 17.9 Å². The summed E-state index contributed by atoms with van der Waals surface area (Å²) in [6, 6.07) is 13.7. The second kappa shape index (κ2) is 11.6. The number of hydrogen-bond donors (Lipinski definition) is 2. The lowest BCUT2D eigenvalue weighted by atomic mass is 9.86. The number of aliphatic imine (C=N–C) groups is 1. The summed E-state index contributed by atoms with van der Waals surface area (Å²) in [7, 11) is 3.51. The third-order valence-corrected chi connectivity index (χ3v) is 5.03. The molecule has 2 rings (SSSR count). The fourth-order valence-corrected chi connectivity index (χ4v) is 3.27. The number of pyridine rings is 1. The zero-order valence-corrected chi connectivity index (χ0v) is 19.0. The first-order chi connectivity index (χ1) is 14.3. The molecule has 2 N–H and O–H groups in total. The molecule has 0 aliphatic carbocycles. The number of halogens is 1. The number of carbonyl (C=O) groups excluding carboxylic acids is 1. The molecular weight excluding hydrogens is 398 g/mol. The average molecular weight is 430 g/mol. The predicted octanol–water partition coefficient (Wildman–Crippen LogP) is 3.17. The predicted molar refractivity (Wildman–Crippen MR) is 124 cm³/mol. The monoisotopic (exact) mass is 429 g/mol. The number of hydrogen-bond acceptors (Lipinski definition) is 3. The van der Waals surface area contributed by atoms with E-state index in [1.165, 1.54) is 5.56 Å². The molecule has 1 amide bonds. The van der Waals surface area contributed by atoms with Gasteiger partial charge in [0.15, 0.2) is 5.96 Å². The number of likely N-dealkylation sites (N-methyl/N-ethyl adjacent to an activating group) is 1. The molecule has 1 aromatic carbocycles. The maximum atomic E-state index is 12.4. The van der Waals surface area contributed by atoms with Gasteiger partial charge in [-0.1, -0.05) is 43.6 Å². The second-order valence-corrected chi connectivity index (χ2v) is 8.57. The van der Waals surface area contributed by atoms with Crippen molar-refractivity contribution in [3.05, 3.63) is 64.9 Å². The number of guanidine groups is 1. The zero-order chi connectivity index (χ0) is 22.0. The van der Waals surface area contributed by atoms with Gasteiger partial charge in [0, 0.05) is 50.5 Å². The molecule has 0 saturated heterocycles. The Balaban J connectivity index is 1.75. The molecule has 0 aliphatic heterocycles. The Morgan fingerprint density at radius 1 is 1.20 bits per heavy atom. The largest absolute Gasteiger partial charge is 0.356 e. The number of nitrogens with one attached hydrogen (secondary N) is 2. The molecule has 0 aliphatic rings. The molecule has 162 valence electrons. The maximum absolute atomic E-state index is 12.4. The van der Waals surface area contributed by atoms with Crippen molar-refractivity contribution in [2.45, 2.75) is 26.7 Å². The molecule has 0 fully saturated rings. The van der Waals surface area contributed by atoms with Crippen molar-refractivity contribution < 1.29 is 4.79 Å². The van der Waals surface area contributed by atoms with E-state index in [9.17, 15) is 4.79 Å². The Labute approximate surface area is 184 Å². The molecule has 6 nitrogen and oxygen atoms in total. The van der Waals surface area contributed by atoms with Gasteiger partial charge in [-0.25, -0.2) is 0 Å². The van der Waals surface area contributed by atoms with Crippen molar-refractivity contribution in [1.29, 1.82) is 0 Å². The zero-order valence-electron chi connectivity index (χ0n) is 18.3. The fraction of sp³-hybridized carbons (Fsp3) is 0.435. The summed E-state index contributed by atoms with van der Waals surface area (Å²) in [6.07, 6.45) is 3.38. The van der Waals surface area contributed by atoms with Crippen LogP contribution in [0.15, 0.2) is 53.7 Å². The van der Waals surface area contributed by atoms with E-state index >= 15 is 0 Å². The van der Waals surface area contributed by atoms with E-state index in [0.717, 1.165) is 23.6 Å². The Kier molecular flexibility index (Phi) is 9.12. The van der Waals surface area contributed by atoms with E-state index < -0.39 is 0 Å². The average Bonchev–Trinajstić information content (AvgIpc) is 2.72. The van der Waals surface area contributed by atoms with Crippen LogP contribution in [0.5, 0.6) is 0 Å². The van der Waals surface area contributed by atoms with Crippen molar-refractivity contribution >= 4 is 23.5 Å². The number of aromatic nitrogens is 1. The highest BCUT2D eigenvalue weighted by molar-refractivity contribution is 6.30. The van der Waals surface area contributed by atoms with Crippen LogP contribution in [0, 0.1) is 5.41 Å². The number of nitrogens with zero attached hydrogens (tertiary/aromatic N) is 3. The fourth-order valence-electron chi connectivity index (χ4n) is 3.05. The van der Waals surface area contributed by atoms with E-state index in [1.54, 1.807) is 25.2 Å². The summed E-state index contributed by atoms with van der Waals surface area (Å²) < 4.78 is 0. The molecule has 0 bridgehead atoms. The SMILES string of the molecule is CN=C(NCC(=O)N(C)CCc1ccccn1)NCC(C)(C)Cc1cccc(Cl)c1. The number of rotatable bonds is 9. The molecule has 0 saturated carbocycles. The highest BCUT2D eigenvalue weighted by atomic mass is 35.5. The van der Waals surface area contributed by atoms with Crippen molar-refractivity contribution in [3.63, 3.8) is 0 Å². The van der Waals surface area contributed by atoms with Gasteiger partial charge in [0.1, 0.15) is 0 Å². The Hall–Kier alpha value is -2.60. The molecule has 0 unspecified atom stereocenters. The summed E-state index contributed by atoms with van der Waals surface area (Å²) in [4.78, 5) is 22.6. The van der Waals surface area contributed by atoms with Gasteiger partial charge < -0.3 is 15.5 Å². The van der Waals surface area contributed by atoms with E-state index in [1.807, 2.05) is 36.4 Å². The van der Waals surface area contributed by atoms with Gasteiger partial charge in [0.2, 0.25) is 5.91 Å². The van der Waals surface area contributed by atoms with Crippen LogP contribution >= 0.6 is 11.6 Å². The van der Waals surface area contributed by atoms with Crippen molar-refractivity contribution in [2.75, 3.05) is 33.7 Å². The molecule has 7 heteroatoms. The molecule has 0 atom stereocenters. The summed E-state index contributed by atoms with van der Waals surface area (Å²) in [5.41, 5.74) is 2.16. The summed E-state index contributed by atoms with van der Waals surface area (Å²) in [5, 5.41) is 7.18. The van der Waals surface area contributed by atoms with Gasteiger partial charge in [-0.15, -0.1) is 0 Å². The van der Waals surface area contributed by atoms with Crippen molar-refractivity contribution in [3.8, 4) is 0 Å². The van der Waals surface area contributed by atoms with Crippen LogP contribution in [0.25, 0.3) is 0 Å². The van der Waals surface area contributed by atoms with Gasteiger partial charge in [0.05, 0.1) is 6.54 Å². The van der Waals surface area contributed by atoms with Crippen LogP contribution < -0.4 is 10.6 Å². The molecule has 30 heavy (non-hydrogen) atoms. The van der Waals surface area contributed by atoms with Crippen molar-refractivity contribution in [1.82, 2.24) is 20.5 Å². The van der Waals surface area contributed by atoms with Crippen LogP contribution in [0.4, 0.5) is 0 Å². The van der Waals surface area contributed by atoms with Crippen molar-refractivity contribution in [2.24, 2.45) is 10.4 Å². The Bertz CT molecular complexity index is 838. The lowest BCUT2D eigenvalue weighted by Gasteiger charge is -2.26. The summed E-state index contributed by atoms with van der Waals surface area (Å²) in [6.45, 7) is 5.89. The van der Waals surface area contributed by atoms with Crippen LogP contribution in [0.3, 0.4) is 0 Å². The molecule has 1 heterocycles. The van der Waals surface area contributed by atoms with Crippen LogP contribution in [-0.4, -0.2) is 55.5 Å². The van der Waals surface area contributed by atoms with Gasteiger partial charge in [0.25, 0.3) is 0 Å². The van der Waals surface area contributed by atoms with Crippen LogP contribution in [0.1, 0.15) is 25.1 Å². The molecule has 0 radical (unpaired) electrons. The minimum atomic E-state index is -0.00815. The summed E-state index contributed by atoms with van der Waals surface area (Å²) in [5.74, 6) is 0.618. The van der Waals surface area contributed by atoms with Gasteiger partial charge in [-0.3, -0.25) is 14.8 Å². The highest BCUT2D eigenvalue weighted by Crippen LogP contribution is 2.22. The Morgan fingerprint density at radius 2 is 2.00 bits per heavy atom. The second-order valence-electron chi connectivity index (χ2n) is 8.14. The lowest BCUT2D eigenvalue weighted by Crippen LogP contribution is -2.46. The van der Waals surface area contributed by atoms with Gasteiger partial charge >= 0.3 is 0 Å². The van der Waals surface area contributed by atoms with Gasteiger partial charge in [-0.05, 0) is 41.7 Å². The first-order valence-electron chi connectivity index (χ1n) is 10.1. The van der Waals surface area contributed by atoms with Gasteiger partial charge in [-0.2, -0.15) is 0 Å².